The van der Waals surface area contributed by atoms with Crippen molar-refractivity contribution in [3.05, 3.63) is 0 Å². The lowest BCUT2D eigenvalue weighted by molar-refractivity contribution is 0.428. The molecule has 0 saturated heterocycles. The average molecular weight is 182 g/mol. The quantitative estimate of drug-likeness (QED) is 0.349. The van der Waals surface area contributed by atoms with Crippen LogP contribution < -0.4 is 5.84 Å². The Hall–Kier alpha value is -0.530. The second-order valence-corrected chi connectivity index (χ2v) is 5.45. The Balaban J connectivity index is 3.02. The topological polar surface area (TPSA) is 38.4 Å². The second kappa shape index (κ2) is 3.32. The molecule has 1 rings (SSSR count). The normalized spacial score (nSPS) is 26.6. The van der Waals surface area contributed by atoms with E-state index in [4.69, 9.17) is 5.84 Å². The third-order valence-electron chi connectivity index (χ3n) is 3.26. The lowest BCUT2D eigenvalue weighted by Crippen LogP contribution is -2.36. The van der Waals surface area contributed by atoms with Crippen LogP contribution in [0.1, 0.15) is 53.4 Å². The fourth-order valence-electron chi connectivity index (χ4n) is 2.64. The van der Waals surface area contributed by atoms with Gasteiger partial charge in [-0.2, -0.15) is 5.10 Å². The molecule has 0 aromatic carbocycles. The molecule has 0 heterocycles. The molecule has 0 atom stereocenters. The van der Waals surface area contributed by atoms with E-state index in [0.717, 1.165) is 0 Å². The number of nitrogens with two attached hydrogens (primary N) is 1. The summed E-state index contributed by atoms with van der Waals surface area (Å²) in [4.78, 5) is 0. The van der Waals surface area contributed by atoms with Gasteiger partial charge < -0.3 is 5.84 Å². The van der Waals surface area contributed by atoms with Crippen LogP contribution in [0.15, 0.2) is 5.10 Å². The van der Waals surface area contributed by atoms with Crippen molar-refractivity contribution in [1.82, 2.24) is 0 Å². The van der Waals surface area contributed by atoms with Gasteiger partial charge in [-0.15, -0.1) is 0 Å². The number of hydrazone groups is 1. The predicted molar refractivity (Wildman–Crippen MR) is 57.7 cm³/mol. The molecule has 0 aromatic rings. The zero-order valence-corrected chi connectivity index (χ0v) is 9.35. The van der Waals surface area contributed by atoms with Crippen LogP contribution in [-0.4, -0.2) is 5.71 Å². The van der Waals surface area contributed by atoms with E-state index in [1.165, 1.54) is 31.4 Å². The Morgan fingerprint density at radius 3 is 1.69 bits per heavy atom. The van der Waals surface area contributed by atoms with E-state index in [2.05, 4.69) is 32.8 Å². The fourth-order valence-corrected chi connectivity index (χ4v) is 2.64. The second-order valence-electron chi connectivity index (χ2n) is 5.45. The largest absolute Gasteiger partial charge is 0.323 e. The van der Waals surface area contributed by atoms with Gasteiger partial charge in [0.15, 0.2) is 0 Å². The third-order valence-corrected chi connectivity index (χ3v) is 3.26. The van der Waals surface area contributed by atoms with Gasteiger partial charge >= 0.3 is 0 Å². The van der Waals surface area contributed by atoms with Crippen LogP contribution in [0.2, 0.25) is 0 Å². The van der Waals surface area contributed by atoms with E-state index in [-0.39, 0.29) is 10.8 Å². The summed E-state index contributed by atoms with van der Waals surface area (Å²) in [5, 5.41) is 4.03. The fraction of sp³-hybridized carbons (Fsp3) is 0.909. The van der Waals surface area contributed by atoms with Gasteiger partial charge in [0.25, 0.3) is 0 Å². The summed E-state index contributed by atoms with van der Waals surface area (Å²) in [7, 11) is 0. The number of hydrogen-bond acceptors (Lipinski definition) is 2. The molecule has 0 unspecified atom stereocenters. The van der Waals surface area contributed by atoms with Gasteiger partial charge in [-0.3, -0.25) is 0 Å². The van der Waals surface area contributed by atoms with E-state index in [0.29, 0.717) is 0 Å². The highest BCUT2D eigenvalue weighted by molar-refractivity contribution is 5.94. The van der Waals surface area contributed by atoms with E-state index in [9.17, 15) is 0 Å². The van der Waals surface area contributed by atoms with E-state index < -0.39 is 0 Å². The van der Waals surface area contributed by atoms with Gasteiger partial charge in [-0.25, -0.2) is 0 Å². The van der Waals surface area contributed by atoms with Crippen LogP contribution in [0.4, 0.5) is 0 Å². The molecule has 2 nitrogen and oxygen atoms in total. The first-order valence-electron chi connectivity index (χ1n) is 5.19. The molecule has 1 saturated carbocycles. The minimum Gasteiger partial charge on any atom is -0.323 e. The number of rotatable bonds is 0. The third kappa shape index (κ3) is 2.04. The summed E-state index contributed by atoms with van der Waals surface area (Å²) < 4.78 is 0. The van der Waals surface area contributed by atoms with E-state index >= 15 is 0 Å². The molecule has 0 spiro atoms. The van der Waals surface area contributed by atoms with Crippen LogP contribution in [0.5, 0.6) is 0 Å². The van der Waals surface area contributed by atoms with Crippen LogP contribution in [-0.2, 0) is 0 Å². The Labute approximate surface area is 81.6 Å². The lowest BCUT2D eigenvalue weighted by atomic mass is 9.72. The molecular formula is C11H22N2. The Kier molecular flexibility index (Phi) is 2.69. The molecule has 2 N–H and O–H groups in total. The summed E-state index contributed by atoms with van der Waals surface area (Å²) in [6, 6.07) is 0. The maximum absolute atomic E-state index is 5.51. The first-order valence-corrected chi connectivity index (χ1v) is 5.19. The maximum atomic E-state index is 5.51. The molecular weight excluding hydrogens is 160 g/mol. The van der Waals surface area contributed by atoms with E-state index in [1.54, 1.807) is 0 Å². The van der Waals surface area contributed by atoms with Crippen molar-refractivity contribution in [1.29, 1.82) is 0 Å². The maximum Gasteiger partial charge on any atom is 0.0488 e. The zero-order chi connectivity index (χ0) is 10.1. The van der Waals surface area contributed by atoms with Gasteiger partial charge in [0.2, 0.25) is 0 Å². The summed E-state index contributed by atoms with van der Waals surface area (Å²) in [6.45, 7) is 9.02. The molecule has 0 amide bonds. The van der Waals surface area contributed by atoms with Crippen LogP contribution in [0.25, 0.3) is 0 Å². The summed E-state index contributed by atoms with van der Waals surface area (Å²) in [5.74, 6) is 5.51. The molecule has 0 aromatic heterocycles. The van der Waals surface area contributed by atoms with Crippen molar-refractivity contribution in [2.24, 2.45) is 21.8 Å². The molecule has 1 aliphatic rings. The van der Waals surface area contributed by atoms with Gasteiger partial charge in [-0.05, 0) is 12.8 Å². The highest BCUT2D eigenvalue weighted by atomic mass is 15.1. The highest BCUT2D eigenvalue weighted by Crippen LogP contribution is 2.41. The summed E-state index contributed by atoms with van der Waals surface area (Å²) in [6.07, 6.45) is 5.03. The van der Waals surface area contributed by atoms with Crippen molar-refractivity contribution >= 4 is 5.71 Å². The lowest BCUT2D eigenvalue weighted by Gasteiger charge is -2.33. The monoisotopic (exact) mass is 182 g/mol. The Morgan fingerprint density at radius 2 is 1.38 bits per heavy atom. The SMILES string of the molecule is CC1(C)CCCCC(C)(C)C1=NN. The van der Waals surface area contributed by atoms with E-state index in [1.807, 2.05) is 0 Å². The molecule has 0 bridgehead atoms. The van der Waals surface area contributed by atoms with Crippen molar-refractivity contribution in [2.75, 3.05) is 0 Å². The standard InChI is InChI=1S/C11H22N2/c1-10(2)7-5-6-8-11(3,4)9(10)13-12/h5-8,12H2,1-4H3. The zero-order valence-electron chi connectivity index (χ0n) is 9.35. The number of nitrogens with zero attached hydrogens (tertiary/aromatic N) is 1. The number of hydrogen-bond donors (Lipinski definition) is 1. The van der Waals surface area contributed by atoms with Crippen molar-refractivity contribution < 1.29 is 0 Å². The van der Waals surface area contributed by atoms with Gasteiger partial charge in [0.05, 0.1) is 0 Å². The van der Waals surface area contributed by atoms with Crippen molar-refractivity contribution in [3.63, 3.8) is 0 Å². The summed E-state index contributed by atoms with van der Waals surface area (Å²) >= 11 is 0. The first-order chi connectivity index (χ1) is 5.90. The minimum atomic E-state index is 0.189. The minimum absolute atomic E-state index is 0.189. The molecule has 76 valence electrons. The van der Waals surface area contributed by atoms with Gasteiger partial charge in [-0.1, -0.05) is 40.5 Å². The first kappa shape index (κ1) is 10.6. The Bertz CT molecular complexity index is 194. The Morgan fingerprint density at radius 1 is 1.00 bits per heavy atom. The predicted octanol–water partition coefficient (Wildman–Crippen LogP) is 2.93. The van der Waals surface area contributed by atoms with Crippen molar-refractivity contribution in [2.45, 2.75) is 53.4 Å². The smallest absolute Gasteiger partial charge is 0.0488 e. The molecule has 2 heteroatoms. The van der Waals surface area contributed by atoms with Gasteiger partial charge in [0.1, 0.15) is 0 Å². The van der Waals surface area contributed by atoms with Crippen LogP contribution in [0, 0.1) is 10.8 Å². The van der Waals surface area contributed by atoms with Crippen LogP contribution in [0.3, 0.4) is 0 Å². The molecule has 13 heavy (non-hydrogen) atoms. The molecule has 1 aliphatic carbocycles. The average Bonchev–Trinajstić information content (AvgIpc) is 2.06. The highest BCUT2D eigenvalue weighted by Gasteiger charge is 2.38. The van der Waals surface area contributed by atoms with Gasteiger partial charge in [0, 0.05) is 16.5 Å². The molecule has 0 aliphatic heterocycles. The molecule has 1 fully saturated rings. The van der Waals surface area contributed by atoms with Crippen molar-refractivity contribution in [3.8, 4) is 0 Å². The summed E-state index contributed by atoms with van der Waals surface area (Å²) in [5.41, 5.74) is 1.57. The molecule has 0 radical (unpaired) electrons. The van der Waals surface area contributed by atoms with Crippen LogP contribution >= 0.6 is 0 Å².